The van der Waals surface area contributed by atoms with Crippen LogP contribution in [0.15, 0.2) is 30.3 Å². The van der Waals surface area contributed by atoms with Gasteiger partial charge in [-0.3, -0.25) is 4.79 Å². The summed E-state index contributed by atoms with van der Waals surface area (Å²) in [4.78, 5) is 11.5. The van der Waals surface area contributed by atoms with Gasteiger partial charge in [0.05, 0.1) is 0 Å². The van der Waals surface area contributed by atoms with Crippen LogP contribution in [0, 0.1) is 0 Å². The first-order chi connectivity index (χ1) is 7.74. The average molecular weight is 221 g/mol. The van der Waals surface area contributed by atoms with Gasteiger partial charge in [-0.2, -0.15) is 0 Å². The third-order valence-corrected chi connectivity index (χ3v) is 2.40. The van der Waals surface area contributed by atoms with Crippen LogP contribution in [0.1, 0.15) is 25.3 Å². The molecule has 0 bridgehead atoms. The quantitative estimate of drug-likeness (QED) is 0.715. The molecule has 88 valence electrons. The molecule has 0 aromatic heterocycles. The summed E-state index contributed by atoms with van der Waals surface area (Å²) >= 11 is 0. The number of aliphatic hydroxyl groups excluding tert-OH is 1. The highest BCUT2D eigenvalue weighted by Gasteiger charge is 2.14. The molecule has 1 atom stereocenters. The zero-order valence-electron chi connectivity index (χ0n) is 9.65. The Labute approximate surface area is 96.5 Å². The minimum Gasteiger partial charge on any atom is -0.383 e. The molecule has 0 heterocycles. The van der Waals surface area contributed by atoms with Gasteiger partial charge in [-0.05, 0) is 12.0 Å². The fourth-order valence-corrected chi connectivity index (χ4v) is 1.44. The van der Waals surface area contributed by atoms with Gasteiger partial charge in [0.2, 0.25) is 5.91 Å². The fraction of sp³-hybridized carbons (Fsp3) is 0.462. The summed E-state index contributed by atoms with van der Waals surface area (Å²) in [5.41, 5.74) is 0.973. The van der Waals surface area contributed by atoms with Crippen molar-refractivity contribution in [1.82, 2.24) is 5.32 Å². The minimum absolute atomic E-state index is 0.280. The molecule has 0 saturated heterocycles. The van der Waals surface area contributed by atoms with Crippen LogP contribution >= 0.6 is 0 Å². The van der Waals surface area contributed by atoms with Crippen molar-refractivity contribution in [3.05, 3.63) is 35.9 Å². The lowest BCUT2D eigenvalue weighted by Crippen LogP contribution is -2.36. The Morgan fingerprint density at radius 3 is 2.69 bits per heavy atom. The number of unbranched alkanes of at least 4 members (excludes halogenated alkanes) is 1. The van der Waals surface area contributed by atoms with E-state index in [0.29, 0.717) is 13.0 Å². The second-order valence-electron chi connectivity index (χ2n) is 3.85. The molecule has 0 spiro atoms. The van der Waals surface area contributed by atoms with Crippen LogP contribution < -0.4 is 5.32 Å². The van der Waals surface area contributed by atoms with Crippen LogP contribution in [0.25, 0.3) is 0 Å². The van der Waals surface area contributed by atoms with E-state index in [9.17, 15) is 9.90 Å². The fourth-order valence-electron chi connectivity index (χ4n) is 1.44. The molecule has 3 nitrogen and oxygen atoms in total. The van der Waals surface area contributed by atoms with Crippen LogP contribution in [-0.2, 0) is 11.2 Å². The second-order valence-corrected chi connectivity index (χ2v) is 3.85. The van der Waals surface area contributed by atoms with Gasteiger partial charge in [-0.15, -0.1) is 0 Å². The normalized spacial score (nSPS) is 12.1. The first-order valence-electron chi connectivity index (χ1n) is 5.73. The van der Waals surface area contributed by atoms with E-state index in [2.05, 4.69) is 12.2 Å². The van der Waals surface area contributed by atoms with Crippen molar-refractivity contribution >= 4 is 5.91 Å². The Morgan fingerprint density at radius 2 is 2.06 bits per heavy atom. The van der Waals surface area contributed by atoms with Gasteiger partial charge in [0, 0.05) is 13.0 Å². The molecule has 1 rings (SSSR count). The number of amides is 1. The summed E-state index contributed by atoms with van der Waals surface area (Å²) < 4.78 is 0. The van der Waals surface area contributed by atoms with Crippen LogP contribution in [0.2, 0.25) is 0 Å². The Kier molecular flexibility index (Phi) is 5.57. The molecule has 0 aliphatic carbocycles. The molecule has 2 N–H and O–H groups in total. The van der Waals surface area contributed by atoms with Gasteiger partial charge < -0.3 is 10.4 Å². The van der Waals surface area contributed by atoms with Crippen molar-refractivity contribution in [3.8, 4) is 0 Å². The number of carbonyl (C=O) groups excluding carboxylic acids is 1. The Morgan fingerprint density at radius 1 is 1.38 bits per heavy atom. The highest BCUT2D eigenvalue weighted by molar-refractivity contribution is 5.80. The number of hydrogen-bond donors (Lipinski definition) is 2. The van der Waals surface area contributed by atoms with Crippen LogP contribution in [0.5, 0.6) is 0 Å². The zero-order chi connectivity index (χ0) is 11.8. The van der Waals surface area contributed by atoms with E-state index in [1.165, 1.54) is 0 Å². The van der Waals surface area contributed by atoms with Crippen LogP contribution in [0.3, 0.4) is 0 Å². The topological polar surface area (TPSA) is 49.3 Å². The maximum Gasteiger partial charge on any atom is 0.249 e. The molecule has 0 radical (unpaired) electrons. The summed E-state index contributed by atoms with van der Waals surface area (Å²) in [7, 11) is 0. The molecular formula is C13H19NO2. The van der Waals surface area contributed by atoms with Crippen LogP contribution in [-0.4, -0.2) is 23.7 Å². The number of hydrogen-bond acceptors (Lipinski definition) is 2. The summed E-state index contributed by atoms with van der Waals surface area (Å²) in [6, 6.07) is 9.52. The largest absolute Gasteiger partial charge is 0.383 e. The maximum absolute atomic E-state index is 11.5. The predicted octanol–water partition coefficient (Wildman–Crippen LogP) is 1.51. The monoisotopic (exact) mass is 221 g/mol. The van der Waals surface area contributed by atoms with E-state index in [1.54, 1.807) is 0 Å². The van der Waals surface area contributed by atoms with E-state index < -0.39 is 6.10 Å². The summed E-state index contributed by atoms with van der Waals surface area (Å²) in [6.45, 7) is 2.70. The number of carbonyl (C=O) groups is 1. The third kappa shape index (κ3) is 4.45. The lowest BCUT2D eigenvalue weighted by Gasteiger charge is -2.10. The number of aliphatic hydroxyl groups is 1. The molecule has 1 aromatic rings. The number of benzene rings is 1. The lowest BCUT2D eigenvalue weighted by molar-refractivity contribution is -0.129. The van der Waals surface area contributed by atoms with Crippen molar-refractivity contribution in [2.75, 3.05) is 6.54 Å². The van der Waals surface area contributed by atoms with E-state index in [4.69, 9.17) is 0 Å². The SMILES string of the molecule is CCCCNC(=O)C(O)Cc1ccccc1. The average Bonchev–Trinajstić information content (AvgIpc) is 2.30. The van der Waals surface area contributed by atoms with Gasteiger partial charge in [0.25, 0.3) is 0 Å². The van der Waals surface area contributed by atoms with Gasteiger partial charge >= 0.3 is 0 Å². The molecule has 1 amide bonds. The minimum atomic E-state index is -0.945. The van der Waals surface area contributed by atoms with Crippen molar-refractivity contribution in [2.45, 2.75) is 32.3 Å². The molecule has 0 aliphatic rings. The third-order valence-electron chi connectivity index (χ3n) is 2.40. The first-order valence-corrected chi connectivity index (χ1v) is 5.73. The van der Waals surface area contributed by atoms with Crippen molar-refractivity contribution in [1.29, 1.82) is 0 Å². The van der Waals surface area contributed by atoms with Crippen LogP contribution in [0.4, 0.5) is 0 Å². The highest BCUT2D eigenvalue weighted by atomic mass is 16.3. The molecule has 16 heavy (non-hydrogen) atoms. The highest BCUT2D eigenvalue weighted by Crippen LogP contribution is 2.03. The number of nitrogens with one attached hydrogen (secondary N) is 1. The number of rotatable bonds is 6. The van der Waals surface area contributed by atoms with Crippen molar-refractivity contribution in [2.24, 2.45) is 0 Å². The van der Waals surface area contributed by atoms with E-state index in [0.717, 1.165) is 18.4 Å². The van der Waals surface area contributed by atoms with Crippen molar-refractivity contribution < 1.29 is 9.90 Å². The van der Waals surface area contributed by atoms with Gasteiger partial charge in [0.15, 0.2) is 0 Å². The maximum atomic E-state index is 11.5. The van der Waals surface area contributed by atoms with Gasteiger partial charge in [-0.1, -0.05) is 43.7 Å². The summed E-state index contributed by atoms with van der Waals surface area (Å²) in [5, 5.41) is 12.4. The molecule has 0 saturated carbocycles. The summed E-state index contributed by atoms with van der Waals surface area (Å²) in [6.07, 6.45) is 1.41. The van der Waals surface area contributed by atoms with Gasteiger partial charge in [-0.25, -0.2) is 0 Å². The second kappa shape index (κ2) is 7.01. The predicted molar refractivity (Wildman–Crippen MR) is 64.1 cm³/mol. The van der Waals surface area contributed by atoms with E-state index in [-0.39, 0.29) is 5.91 Å². The zero-order valence-corrected chi connectivity index (χ0v) is 9.65. The van der Waals surface area contributed by atoms with E-state index >= 15 is 0 Å². The first kappa shape index (κ1) is 12.7. The molecular weight excluding hydrogens is 202 g/mol. The molecule has 1 aromatic carbocycles. The summed E-state index contributed by atoms with van der Waals surface area (Å²) in [5.74, 6) is -0.280. The standard InChI is InChI=1S/C13H19NO2/c1-2-3-9-14-13(16)12(15)10-11-7-5-4-6-8-11/h4-8,12,15H,2-3,9-10H2,1H3,(H,14,16). The Bertz CT molecular complexity index is 311. The Balaban J connectivity index is 2.34. The van der Waals surface area contributed by atoms with Gasteiger partial charge in [0.1, 0.15) is 6.10 Å². The molecule has 0 fully saturated rings. The lowest BCUT2D eigenvalue weighted by atomic mass is 10.1. The molecule has 0 aliphatic heterocycles. The molecule has 3 heteroatoms. The smallest absolute Gasteiger partial charge is 0.249 e. The molecule has 1 unspecified atom stereocenters. The van der Waals surface area contributed by atoms with Crippen molar-refractivity contribution in [3.63, 3.8) is 0 Å². The van der Waals surface area contributed by atoms with E-state index in [1.807, 2.05) is 30.3 Å². The Hall–Kier alpha value is -1.35.